The molecule has 5 rings (SSSR count). The lowest BCUT2D eigenvalue weighted by molar-refractivity contribution is -0.138. The molecule has 1 N–H and O–H groups in total. The van der Waals surface area contributed by atoms with Crippen LogP contribution in [0.1, 0.15) is 37.3 Å². The van der Waals surface area contributed by atoms with Gasteiger partial charge >= 0.3 is 0 Å². The molecule has 0 saturated carbocycles. The Morgan fingerprint density at radius 2 is 2.04 bits per heavy atom. The topological polar surface area (TPSA) is 49.0 Å². The van der Waals surface area contributed by atoms with Crippen molar-refractivity contribution in [2.75, 3.05) is 7.05 Å². The fourth-order valence-electron chi connectivity index (χ4n) is 5.02. The number of H-pyrrole nitrogens is 1. The van der Waals surface area contributed by atoms with Crippen LogP contribution in [0.2, 0.25) is 0 Å². The van der Waals surface area contributed by atoms with Gasteiger partial charge in [-0.2, -0.15) is 0 Å². The van der Waals surface area contributed by atoms with Gasteiger partial charge in [-0.1, -0.05) is 31.2 Å². The average Bonchev–Trinajstić information content (AvgIpc) is 3.09. The van der Waals surface area contributed by atoms with Gasteiger partial charge in [0.15, 0.2) is 0 Å². The van der Waals surface area contributed by atoms with E-state index in [4.69, 9.17) is 4.98 Å². The van der Waals surface area contributed by atoms with Crippen molar-refractivity contribution < 1.29 is 4.79 Å². The van der Waals surface area contributed by atoms with Gasteiger partial charge in [0, 0.05) is 30.5 Å². The Morgan fingerprint density at radius 1 is 1.19 bits per heavy atom. The highest BCUT2D eigenvalue weighted by Gasteiger charge is 2.46. The number of aryl methyl sites for hydroxylation is 1. The molecule has 1 aliphatic heterocycles. The first kappa shape index (κ1) is 15.6. The second-order valence-electron chi connectivity index (χ2n) is 7.95. The number of likely N-dealkylation sites (tertiary alicyclic amines) is 1. The van der Waals surface area contributed by atoms with Gasteiger partial charge in [-0.25, -0.2) is 4.98 Å². The lowest BCUT2D eigenvalue weighted by Gasteiger charge is -2.50. The molecule has 1 saturated heterocycles. The van der Waals surface area contributed by atoms with Gasteiger partial charge in [0.2, 0.25) is 5.91 Å². The van der Waals surface area contributed by atoms with Crippen LogP contribution >= 0.6 is 0 Å². The first-order valence-corrected chi connectivity index (χ1v) is 9.40. The predicted molar refractivity (Wildman–Crippen MR) is 103 cm³/mol. The summed E-state index contributed by atoms with van der Waals surface area (Å²) in [6, 6.07) is 15.2. The molecule has 2 heterocycles. The Balaban J connectivity index is 1.57. The number of fused-ring (bicyclic) bond motifs is 4. The van der Waals surface area contributed by atoms with Gasteiger partial charge in [0.25, 0.3) is 0 Å². The van der Waals surface area contributed by atoms with Crippen molar-refractivity contribution in [1.29, 1.82) is 0 Å². The standard InChI is InChI=1S/C22H23N3O/c1-22-12-11-20(26)25(2)19(22)10-8-14-13-15(7-9-16(14)22)21-23-17-5-3-4-6-18(17)24-21/h3-7,9,13,19H,8,10-12H2,1-2H3,(H,23,24)/t19-,22-/m1/s1. The summed E-state index contributed by atoms with van der Waals surface area (Å²) < 4.78 is 0. The SMILES string of the molecule is CN1C(=O)CC[C@]2(C)c3ccc(-c4nc5ccccc5[nH]4)cc3CC[C@@H]12. The lowest BCUT2D eigenvalue weighted by atomic mass is 9.63. The second-order valence-corrected chi connectivity index (χ2v) is 7.95. The molecular formula is C22H23N3O. The number of amides is 1. The van der Waals surface area contributed by atoms with Crippen LogP contribution < -0.4 is 0 Å². The van der Waals surface area contributed by atoms with Crippen LogP contribution in [0, 0.1) is 0 Å². The number of benzene rings is 2. The number of hydrogen-bond acceptors (Lipinski definition) is 2. The molecule has 1 aromatic heterocycles. The predicted octanol–water partition coefficient (Wildman–Crippen LogP) is 4.05. The van der Waals surface area contributed by atoms with Crippen molar-refractivity contribution in [3.63, 3.8) is 0 Å². The van der Waals surface area contributed by atoms with Gasteiger partial charge < -0.3 is 9.88 Å². The minimum Gasteiger partial charge on any atom is -0.342 e. The Labute approximate surface area is 153 Å². The molecule has 0 bridgehead atoms. The van der Waals surface area contributed by atoms with Crippen LogP contribution in [0.3, 0.4) is 0 Å². The normalized spacial score (nSPS) is 25.2. The number of aromatic nitrogens is 2. The highest BCUT2D eigenvalue weighted by atomic mass is 16.2. The Bertz CT molecular complexity index is 988. The number of likely N-dealkylation sites (N-methyl/N-ethyl adjacent to an activating group) is 1. The van der Waals surface area contributed by atoms with E-state index in [0.717, 1.165) is 41.7 Å². The van der Waals surface area contributed by atoms with E-state index < -0.39 is 0 Å². The summed E-state index contributed by atoms with van der Waals surface area (Å²) in [6.07, 6.45) is 3.64. The average molecular weight is 345 g/mol. The summed E-state index contributed by atoms with van der Waals surface area (Å²) >= 11 is 0. The van der Waals surface area contributed by atoms with E-state index in [2.05, 4.69) is 36.2 Å². The number of carbonyl (C=O) groups is 1. The highest BCUT2D eigenvalue weighted by molar-refractivity contribution is 5.80. The summed E-state index contributed by atoms with van der Waals surface area (Å²) in [7, 11) is 1.97. The highest BCUT2D eigenvalue weighted by Crippen LogP contribution is 2.46. The zero-order chi connectivity index (χ0) is 17.9. The van der Waals surface area contributed by atoms with Crippen molar-refractivity contribution in [2.24, 2.45) is 0 Å². The third-order valence-corrected chi connectivity index (χ3v) is 6.53. The van der Waals surface area contributed by atoms with E-state index in [1.54, 1.807) is 0 Å². The number of rotatable bonds is 1. The molecule has 0 unspecified atom stereocenters. The Morgan fingerprint density at radius 3 is 2.88 bits per heavy atom. The molecule has 132 valence electrons. The van der Waals surface area contributed by atoms with Crippen molar-refractivity contribution in [3.05, 3.63) is 53.6 Å². The summed E-state index contributed by atoms with van der Waals surface area (Å²) in [6.45, 7) is 2.33. The lowest BCUT2D eigenvalue weighted by Crippen LogP contribution is -2.56. The largest absolute Gasteiger partial charge is 0.342 e. The monoisotopic (exact) mass is 345 g/mol. The van der Waals surface area contributed by atoms with Crippen LogP contribution in [0.15, 0.2) is 42.5 Å². The molecule has 1 fully saturated rings. The zero-order valence-electron chi connectivity index (χ0n) is 15.2. The van der Waals surface area contributed by atoms with Crippen LogP contribution in [-0.4, -0.2) is 33.9 Å². The van der Waals surface area contributed by atoms with E-state index in [9.17, 15) is 4.79 Å². The summed E-state index contributed by atoms with van der Waals surface area (Å²) in [5.41, 5.74) is 6.09. The van der Waals surface area contributed by atoms with Crippen molar-refractivity contribution in [1.82, 2.24) is 14.9 Å². The van der Waals surface area contributed by atoms with Gasteiger partial charge in [-0.05, 0) is 48.6 Å². The number of carbonyl (C=O) groups excluding carboxylic acids is 1. The molecular weight excluding hydrogens is 322 g/mol. The van der Waals surface area contributed by atoms with Crippen LogP contribution in [0.5, 0.6) is 0 Å². The number of aromatic amines is 1. The molecule has 0 spiro atoms. The number of imidazole rings is 1. The second kappa shape index (κ2) is 5.44. The van der Waals surface area contributed by atoms with E-state index >= 15 is 0 Å². The van der Waals surface area contributed by atoms with Crippen molar-refractivity contribution in [3.8, 4) is 11.4 Å². The number of piperidine rings is 1. The fourth-order valence-corrected chi connectivity index (χ4v) is 5.02. The Kier molecular flexibility index (Phi) is 3.27. The van der Waals surface area contributed by atoms with Crippen molar-refractivity contribution >= 4 is 16.9 Å². The minimum absolute atomic E-state index is 0.0582. The molecule has 4 nitrogen and oxygen atoms in total. The van der Waals surface area contributed by atoms with E-state index in [-0.39, 0.29) is 11.3 Å². The number of hydrogen-bond donors (Lipinski definition) is 1. The van der Waals surface area contributed by atoms with Gasteiger partial charge in [0.05, 0.1) is 11.0 Å². The molecule has 3 aromatic rings. The maximum absolute atomic E-state index is 12.1. The number of nitrogens with one attached hydrogen (secondary N) is 1. The maximum atomic E-state index is 12.1. The third kappa shape index (κ3) is 2.14. The molecule has 1 amide bonds. The molecule has 2 atom stereocenters. The molecule has 26 heavy (non-hydrogen) atoms. The zero-order valence-corrected chi connectivity index (χ0v) is 15.2. The Hall–Kier alpha value is -2.62. The summed E-state index contributed by atoms with van der Waals surface area (Å²) in [5.74, 6) is 1.21. The third-order valence-electron chi connectivity index (χ3n) is 6.53. The first-order chi connectivity index (χ1) is 12.6. The maximum Gasteiger partial charge on any atom is 0.222 e. The van der Waals surface area contributed by atoms with E-state index in [1.807, 2.05) is 30.1 Å². The van der Waals surface area contributed by atoms with Gasteiger partial charge in [0.1, 0.15) is 5.82 Å². The van der Waals surface area contributed by atoms with Crippen molar-refractivity contribution in [2.45, 2.75) is 44.1 Å². The molecule has 1 aliphatic carbocycles. The van der Waals surface area contributed by atoms with E-state index in [0.29, 0.717) is 12.5 Å². The smallest absolute Gasteiger partial charge is 0.222 e. The van der Waals surface area contributed by atoms with Crippen LogP contribution in [0.25, 0.3) is 22.4 Å². The van der Waals surface area contributed by atoms with Crippen LogP contribution in [0.4, 0.5) is 0 Å². The van der Waals surface area contributed by atoms with Crippen LogP contribution in [-0.2, 0) is 16.6 Å². The number of nitrogens with zero attached hydrogens (tertiary/aromatic N) is 2. The van der Waals surface area contributed by atoms with Gasteiger partial charge in [-0.3, -0.25) is 4.79 Å². The first-order valence-electron chi connectivity index (χ1n) is 9.40. The molecule has 2 aromatic carbocycles. The number of para-hydroxylation sites is 2. The molecule has 4 heteroatoms. The quantitative estimate of drug-likeness (QED) is 0.723. The summed E-state index contributed by atoms with van der Waals surface area (Å²) in [5, 5.41) is 0. The molecule has 2 aliphatic rings. The van der Waals surface area contributed by atoms with E-state index in [1.165, 1.54) is 11.1 Å². The fraction of sp³-hybridized carbons (Fsp3) is 0.364. The molecule has 0 radical (unpaired) electrons. The van der Waals surface area contributed by atoms with Gasteiger partial charge in [-0.15, -0.1) is 0 Å². The summed E-state index contributed by atoms with van der Waals surface area (Å²) in [4.78, 5) is 22.3. The minimum atomic E-state index is 0.0582.